The predicted molar refractivity (Wildman–Crippen MR) is 127 cm³/mol. The summed E-state index contributed by atoms with van der Waals surface area (Å²) in [6, 6.07) is 16.6. The first-order valence-electron chi connectivity index (χ1n) is 11.1. The van der Waals surface area contributed by atoms with Gasteiger partial charge in [0, 0.05) is 16.5 Å². The summed E-state index contributed by atoms with van der Waals surface area (Å²) in [7, 11) is 0. The zero-order valence-corrected chi connectivity index (χ0v) is 19.0. The quantitative estimate of drug-likeness (QED) is 0.351. The largest absolute Gasteiger partial charge is 0.462 e. The number of pyridine rings is 1. The Morgan fingerprint density at radius 3 is 2.44 bits per heavy atom. The fourth-order valence-corrected chi connectivity index (χ4v) is 4.43. The number of rotatable bonds is 5. The second-order valence-corrected chi connectivity index (χ2v) is 7.96. The van der Waals surface area contributed by atoms with Crippen LogP contribution in [0, 0.1) is 6.92 Å². The summed E-state index contributed by atoms with van der Waals surface area (Å²) in [5, 5.41) is 0.913. The van der Waals surface area contributed by atoms with Gasteiger partial charge in [0.1, 0.15) is 17.0 Å². The van der Waals surface area contributed by atoms with Crippen LogP contribution in [-0.2, 0) is 9.47 Å². The van der Waals surface area contributed by atoms with Gasteiger partial charge in [0.25, 0.3) is 0 Å². The van der Waals surface area contributed by atoms with E-state index in [9.17, 15) is 14.4 Å². The fourth-order valence-electron chi connectivity index (χ4n) is 4.43. The summed E-state index contributed by atoms with van der Waals surface area (Å²) in [6.07, 6.45) is 0. The van der Waals surface area contributed by atoms with Gasteiger partial charge in [-0.15, -0.1) is 0 Å². The van der Waals surface area contributed by atoms with Crippen molar-refractivity contribution >= 4 is 28.6 Å². The van der Waals surface area contributed by atoms with E-state index in [-0.39, 0.29) is 41.5 Å². The SMILES string of the molecule is CCOC(=O)c1c(-c2ccc3ccccc3n2)c2n(c1C(=O)OCC)-c1ccc(C)cc1C2=O. The van der Waals surface area contributed by atoms with Crippen LogP contribution in [0.5, 0.6) is 0 Å². The summed E-state index contributed by atoms with van der Waals surface area (Å²) in [6.45, 7) is 5.48. The lowest BCUT2D eigenvalue weighted by Crippen LogP contribution is -2.17. The molecule has 2 aromatic heterocycles. The number of hydrogen-bond acceptors (Lipinski definition) is 6. The van der Waals surface area contributed by atoms with E-state index in [4.69, 9.17) is 14.5 Å². The van der Waals surface area contributed by atoms with Crippen LogP contribution in [0.25, 0.3) is 27.8 Å². The van der Waals surface area contributed by atoms with E-state index in [0.29, 0.717) is 22.5 Å². The Hall–Kier alpha value is -4.26. The van der Waals surface area contributed by atoms with Crippen LogP contribution < -0.4 is 0 Å². The minimum atomic E-state index is -0.709. The molecular weight excluding hydrogens is 432 g/mol. The first-order chi connectivity index (χ1) is 16.5. The lowest BCUT2D eigenvalue weighted by atomic mass is 9.98. The van der Waals surface area contributed by atoms with Gasteiger partial charge in [0.2, 0.25) is 5.78 Å². The third kappa shape index (κ3) is 3.20. The third-order valence-corrected chi connectivity index (χ3v) is 5.83. The molecule has 7 nitrogen and oxygen atoms in total. The zero-order chi connectivity index (χ0) is 24.0. The topological polar surface area (TPSA) is 87.5 Å². The Bertz CT molecular complexity index is 1500. The van der Waals surface area contributed by atoms with Crippen molar-refractivity contribution in [3.05, 3.63) is 82.7 Å². The molecule has 2 aromatic carbocycles. The van der Waals surface area contributed by atoms with Crippen LogP contribution in [0.2, 0.25) is 0 Å². The van der Waals surface area contributed by atoms with Crippen molar-refractivity contribution in [3.8, 4) is 16.9 Å². The fraction of sp³-hybridized carbons (Fsp3) is 0.185. The molecule has 0 fully saturated rings. The van der Waals surface area contributed by atoms with E-state index in [1.165, 1.54) is 4.57 Å². The van der Waals surface area contributed by atoms with Crippen molar-refractivity contribution in [2.75, 3.05) is 13.2 Å². The van der Waals surface area contributed by atoms with E-state index in [0.717, 1.165) is 10.9 Å². The van der Waals surface area contributed by atoms with E-state index < -0.39 is 11.9 Å². The molecule has 0 aliphatic carbocycles. The van der Waals surface area contributed by atoms with Crippen LogP contribution in [0.3, 0.4) is 0 Å². The van der Waals surface area contributed by atoms with Crippen LogP contribution in [0.4, 0.5) is 0 Å². The van der Waals surface area contributed by atoms with E-state index in [1.807, 2.05) is 43.3 Å². The molecular formula is C27H22N2O5. The van der Waals surface area contributed by atoms with Gasteiger partial charge < -0.3 is 9.47 Å². The minimum absolute atomic E-state index is 0.0161. The number of ether oxygens (including phenoxy) is 2. The molecule has 1 aliphatic rings. The van der Waals surface area contributed by atoms with Crippen LogP contribution >= 0.6 is 0 Å². The average Bonchev–Trinajstić information content (AvgIpc) is 3.32. The summed E-state index contributed by atoms with van der Waals surface area (Å²) in [5.74, 6) is -1.70. The van der Waals surface area contributed by atoms with E-state index in [1.54, 1.807) is 32.0 Å². The maximum atomic E-state index is 13.7. The van der Waals surface area contributed by atoms with Crippen LogP contribution in [0.15, 0.2) is 54.6 Å². The number of nitrogens with zero attached hydrogens (tertiary/aromatic N) is 2. The first kappa shape index (κ1) is 21.6. The van der Waals surface area contributed by atoms with Crippen molar-refractivity contribution in [2.24, 2.45) is 0 Å². The summed E-state index contributed by atoms with van der Waals surface area (Å²) in [5.41, 5.74) is 3.41. The Balaban J connectivity index is 1.90. The molecule has 34 heavy (non-hydrogen) atoms. The lowest BCUT2D eigenvalue weighted by molar-refractivity contribution is 0.0473. The van der Waals surface area contributed by atoms with Crippen molar-refractivity contribution in [1.29, 1.82) is 0 Å². The number of hydrogen-bond donors (Lipinski definition) is 0. The van der Waals surface area contributed by atoms with E-state index in [2.05, 4.69) is 0 Å². The maximum absolute atomic E-state index is 13.7. The first-order valence-corrected chi connectivity index (χ1v) is 11.1. The normalized spacial score (nSPS) is 11.9. The number of fused-ring (bicyclic) bond motifs is 4. The molecule has 0 atom stereocenters. The number of aryl methyl sites for hydroxylation is 1. The number of para-hydroxylation sites is 1. The maximum Gasteiger partial charge on any atom is 0.356 e. The number of carbonyl (C=O) groups is 3. The van der Waals surface area contributed by atoms with Gasteiger partial charge in [-0.05, 0) is 45.0 Å². The Morgan fingerprint density at radius 2 is 1.68 bits per heavy atom. The highest BCUT2D eigenvalue weighted by Crippen LogP contribution is 2.42. The van der Waals surface area contributed by atoms with Crippen LogP contribution in [0.1, 0.15) is 56.3 Å². The standard InChI is InChI=1S/C27H22N2O5/c1-4-33-26(31)22-21(19-12-11-16-8-6-7-9-18(16)28-19)23-25(30)17-14-15(3)10-13-20(17)29(23)24(22)27(32)34-5-2/h6-14H,4-5H2,1-3H3. The number of carbonyl (C=O) groups excluding carboxylic acids is 3. The molecule has 0 unspecified atom stereocenters. The molecule has 1 aliphatic heterocycles. The molecule has 3 heterocycles. The molecule has 0 N–H and O–H groups in total. The van der Waals surface area contributed by atoms with Gasteiger partial charge in [0.05, 0.1) is 30.1 Å². The molecule has 7 heteroatoms. The van der Waals surface area contributed by atoms with Gasteiger partial charge in [-0.25, -0.2) is 14.6 Å². The molecule has 0 radical (unpaired) electrons. The number of aromatic nitrogens is 2. The molecule has 0 saturated carbocycles. The second kappa shape index (κ2) is 8.26. The molecule has 0 spiro atoms. The van der Waals surface area contributed by atoms with Crippen LogP contribution in [-0.4, -0.2) is 40.5 Å². The molecule has 0 saturated heterocycles. The summed E-state index contributed by atoms with van der Waals surface area (Å²) in [4.78, 5) is 44.8. The molecule has 4 aromatic rings. The van der Waals surface area contributed by atoms with Crippen molar-refractivity contribution in [3.63, 3.8) is 0 Å². The van der Waals surface area contributed by atoms with E-state index >= 15 is 0 Å². The number of benzene rings is 2. The highest BCUT2D eigenvalue weighted by molar-refractivity contribution is 6.22. The smallest absolute Gasteiger partial charge is 0.356 e. The summed E-state index contributed by atoms with van der Waals surface area (Å²) < 4.78 is 12.2. The lowest BCUT2D eigenvalue weighted by Gasteiger charge is -2.11. The van der Waals surface area contributed by atoms with Crippen molar-refractivity contribution < 1.29 is 23.9 Å². The van der Waals surface area contributed by atoms with Crippen molar-refractivity contribution in [1.82, 2.24) is 9.55 Å². The van der Waals surface area contributed by atoms with Gasteiger partial charge in [0.15, 0.2) is 0 Å². The summed E-state index contributed by atoms with van der Waals surface area (Å²) >= 11 is 0. The Kier molecular flexibility index (Phi) is 5.24. The third-order valence-electron chi connectivity index (χ3n) is 5.83. The van der Waals surface area contributed by atoms with Gasteiger partial charge in [-0.2, -0.15) is 0 Å². The minimum Gasteiger partial charge on any atom is -0.462 e. The monoisotopic (exact) mass is 454 g/mol. The Labute approximate surface area is 195 Å². The van der Waals surface area contributed by atoms with Crippen molar-refractivity contribution in [2.45, 2.75) is 20.8 Å². The number of ketones is 1. The molecule has 5 rings (SSSR count). The average molecular weight is 454 g/mol. The number of esters is 2. The molecule has 0 amide bonds. The zero-order valence-electron chi connectivity index (χ0n) is 19.0. The van der Waals surface area contributed by atoms with Gasteiger partial charge in [-0.1, -0.05) is 35.9 Å². The highest BCUT2D eigenvalue weighted by Gasteiger charge is 2.41. The van der Waals surface area contributed by atoms with Gasteiger partial charge >= 0.3 is 11.9 Å². The molecule has 170 valence electrons. The Morgan fingerprint density at radius 1 is 0.941 bits per heavy atom. The predicted octanol–water partition coefficient (Wildman–Crippen LogP) is 4.90. The highest BCUT2D eigenvalue weighted by atomic mass is 16.5. The second-order valence-electron chi connectivity index (χ2n) is 7.96. The van der Waals surface area contributed by atoms with Gasteiger partial charge in [-0.3, -0.25) is 9.36 Å². The molecule has 0 bridgehead atoms.